The summed E-state index contributed by atoms with van der Waals surface area (Å²) in [5.74, 6) is -7.68. The molecule has 17 heteroatoms. The molecule has 1 aromatic carbocycles. The highest BCUT2D eigenvalue weighted by atomic mass is 32.2. The summed E-state index contributed by atoms with van der Waals surface area (Å²) in [6.45, 7) is -0.321. The van der Waals surface area contributed by atoms with E-state index in [4.69, 9.17) is 9.47 Å². The van der Waals surface area contributed by atoms with Gasteiger partial charge in [-0.05, 0) is 88.3 Å². The minimum absolute atomic E-state index is 0.149. The lowest BCUT2D eigenvalue weighted by atomic mass is 9.66. The molecule has 1 aromatic heterocycles. The van der Waals surface area contributed by atoms with E-state index in [1.54, 1.807) is 24.3 Å². The number of amides is 4. The van der Waals surface area contributed by atoms with Crippen LogP contribution in [-0.4, -0.2) is 89.7 Å². The van der Waals surface area contributed by atoms with Crippen LogP contribution in [-0.2, 0) is 35.1 Å². The van der Waals surface area contributed by atoms with Gasteiger partial charge in [0.15, 0.2) is 5.69 Å². The van der Waals surface area contributed by atoms with Crippen LogP contribution >= 0.6 is 0 Å². The Labute approximate surface area is 336 Å². The fraction of sp³-hybridized carbons (Fsp3) is 0.659. The standard InChI is InChI=1S/C41H52F2N6O8S/c42-41(43)21-10-4-9-18-39(19-11-20-39)25-56-38(53)46-31-15-6-3-1-2-5-12-26-22-40(26,37(52)48-58(54,55)27-16-17-27)47-34(50)28-23-49(36(31)51)24-32(28)57-35-33(41)44-29-13-7-8-14-30(29)45-35/h7-8,10,13-14,21,26-28,31-32H,1-6,9,11-12,15-20,22-25H2,(H,46,53)(H,47,50)(H,48,52)/b21-10+/t26-,28?,31+,32+,40+/m1/s1. The van der Waals surface area contributed by atoms with Gasteiger partial charge in [-0.1, -0.05) is 56.7 Å². The zero-order chi connectivity index (χ0) is 40.7. The van der Waals surface area contributed by atoms with Gasteiger partial charge in [-0.25, -0.2) is 23.2 Å². The Balaban J connectivity index is 1.16. The van der Waals surface area contributed by atoms with Gasteiger partial charge in [0.05, 0.1) is 35.4 Å². The topological polar surface area (TPSA) is 186 Å². The molecule has 2 aromatic rings. The van der Waals surface area contributed by atoms with Crippen LogP contribution in [0, 0.1) is 17.3 Å². The SMILES string of the molecule is O=C1N[C@H]2CCCCCCC[C@@H]3C[C@]3(C(=O)NS(=O)(=O)C3CC3)NC(=O)C3CN(C[C@@H]3Oc3nc4ccccc4nc3C(F)(F)/C=C/CCCC3(CCC3)CO1)C2=O. The van der Waals surface area contributed by atoms with E-state index in [-0.39, 0.29) is 48.5 Å². The predicted molar refractivity (Wildman–Crippen MR) is 207 cm³/mol. The number of carbonyl (C=O) groups excluding carboxylic acids is 4. The summed E-state index contributed by atoms with van der Waals surface area (Å²) in [4.78, 5) is 66.2. The Morgan fingerprint density at radius 1 is 0.897 bits per heavy atom. The van der Waals surface area contributed by atoms with Gasteiger partial charge >= 0.3 is 12.0 Å². The molecule has 1 unspecified atom stereocenters. The molecule has 2 saturated heterocycles. The van der Waals surface area contributed by atoms with Crippen LogP contribution in [0.1, 0.15) is 108 Å². The Bertz CT molecular complexity index is 2080. The first kappa shape index (κ1) is 40.4. The molecule has 4 heterocycles. The van der Waals surface area contributed by atoms with Gasteiger partial charge in [0, 0.05) is 12.0 Å². The van der Waals surface area contributed by atoms with Crippen LogP contribution < -0.4 is 20.1 Å². The lowest BCUT2D eigenvalue weighted by molar-refractivity contribution is -0.134. The zero-order valence-electron chi connectivity index (χ0n) is 32.6. The average Bonchev–Trinajstić information content (AvgIpc) is 4.10. The van der Waals surface area contributed by atoms with Crippen molar-refractivity contribution in [2.75, 3.05) is 19.7 Å². The van der Waals surface area contributed by atoms with Gasteiger partial charge < -0.3 is 25.0 Å². The lowest BCUT2D eigenvalue weighted by Crippen LogP contribution is -2.55. The largest absolute Gasteiger partial charge is 0.470 e. The number of rotatable bonds is 3. The number of cyclic esters (lactones) is 1. The molecule has 6 aliphatic rings. The summed E-state index contributed by atoms with van der Waals surface area (Å²) in [7, 11) is -3.94. The number of nitrogens with zero attached hydrogens (tertiary/aromatic N) is 3. The van der Waals surface area contributed by atoms with Crippen molar-refractivity contribution in [3.05, 3.63) is 42.1 Å². The second-order valence-corrected chi connectivity index (χ2v) is 19.3. The van der Waals surface area contributed by atoms with Crippen molar-refractivity contribution in [1.29, 1.82) is 0 Å². The number of para-hydroxylation sites is 2. The first-order valence-corrected chi connectivity index (χ1v) is 22.4. The maximum Gasteiger partial charge on any atom is 0.407 e. The van der Waals surface area contributed by atoms with Crippen molar-refractivity contribution in [3.8, 4) is 5.88 Å². The molecule has 0 radical (unpaired) electrons. The van der Waals surface area contributed by atoms with E-state index < -0.39 is 80.2 Å². The molecule has 3 saturated carbocycles. The van der Waals surface area contributed by atoms with Crippen LogP contribution in [0.15, 0.2) is 36.4 Å². The second kappa shape index (κ2) is 16.0. The van der Waals surface area contributed by atoms with E-state index >= 15 is 8.78 Å². The molecule has 4 bridgehead atoms. The average molecular weight is 827 g/mol. The predicted octanol–water partition coefficient (Wildman–Crippen LogP) is 5.16. The molecule has 5 atom stereocenters. The Morgan fingerprint density at radius 3 is 2.33 bits per heavy atom. The van der Waals surface area contributed by atoms with Gasteiger partial charge in [-0.2, -0.15) is 8.78 Å². The molecule has 314 valence electrons. The summed E-state index contributed by atoms with van der Waals surface area (Å²) in [6, 6.07) is 5.51. The molecule has 14 nitrogen and oxygen atoms in total. The Kier molecular flexibility index (Phi) is 11.1. The molecular formula is C41H52F2N6O8S. The summed E-state index contributed by atoms with van der Waals surface area (Å²) < 4.78 is 72.6. The monoisotopic (exact) mass is 826 g/mol. The van der Waals surface area contributed by atoms with Crippen molar-refractivity contribution < 1.29 is 45.9 Å². The maximum atomic E-state index is 16.3. The molecule has 3 aliphatic heterocycles. The third-order valence-corrected chi connectivity index (χ3v) is 14.9. The first-order chi connectivity index (χ1) is 27.8. The molecule has 8 rings (SSSR count). The molecule has 5 fully saturated rings. The number of benzene rings is 1. The molecule has 4 amide bonds. The highest BCUT2D eigenvalue weighted by molar-refractivity contribution is 7.91. The maximum absolute atomic E-state index is 16.3. The van der Waals surface area contributed by atoms with Crippen LogP contribution in [0.2, 0.25) is 0 Å². The number of alkyl halides is 2. The third-order valence-electron chi connectivity index (χ3n) is 13.1. The third kappa shape index (κ3) is 8.51. The zero-order valence-corrected chi connectivity index (χ0v) is 33.4. The normalized spacial score (nSPS) is 31.2. The van der Waals surface area contributed by atoms with E-state index in [0.29, 0.717) is 51.4 Å². The number of alkyl carbamates (subject to hydrolysis) is 1. The number of carbonyl (C=O) groups is 4. The second-order valence-electron chi connectivity index (χ2n) is 17.3. The highest BCUT2D eigenvalue weighted by Crippen LogP contribution is 2.49. The van der Waals surface area contributed by atoms with E-state index in [2.05, 4.69) is 25.3 Å². The summed E-state index contributed by atoms with van der Waals surface area (Å²) in [6.07, 6.45) is 10.3. The number of nitrogens with one attached hydrogen (secondary N) is 3. The van der Waals surface area contributed by atoms with Crippen molar-refractivity contribution >= 4 is 44.9 Å². The van der Waals surface area contributed by atoms with Crippen LogP contribution in [0.4, 0.5) is 13.6 Å². The molecular weight excluding hydrogens is 775 g/mol. The fourth-order valence-corrected chi connectivity index (χ4v) is 10.5. The number of allylic oxidation sites excluding steroid dienone is 2. The molecule has 1 spiro atoms. The highest BCUT2D eigenvalue weighted by Gasteiger charge is 2.62. The quantitative estimate of drug-likeness (QED) is 0.349. The van der Waals surface area contributed by atoms with Gasteiger partial charge in [0.25, 0.3) is 5.91 Å². The number of aromatic nitrogens is 2. The van der Waals surface area contributed by atoms with Crippen molar-refractivity contribution in [3.63, 3.8) is 0 Å². The van der Waals surface area contributed by atoms with E-state index in [0.717, 1.165) is 51.0 Å². The number of halogens is 2. The summed E-state index contributed by atoms with van der Waals surface area (Å²) >= 11 is 0. The van der Waals surface area contributed by atoms with Crippen molar-refractivity contribution in [2.24, 2.45) is 17.3 Å². The van der Waals surface area contributed by atoms with Crippen molar-refractivity contribution in [1.82, 2.24) is 30.2 Å². The van der Waals surface area contributed by atoms with E-state index in [1.807, 2.05) is 0 Å². The fourth-order valence-electron chi connectivity index (χ4n) is 9.11. The summed E-state index contributed by atoms with van der Waals surface area (Å²) in [5.41, 5.74) is -2.03. The Morgan fingerprint density at radius 2 is 1.60 bits per heavy atom. The number of hydrogen-bond donors (Lipinski definition) is 3. The molecule has 58 heavy (non-hydrogen) atoms. The van der Waals surface area contributed by atoms with Gasteiger partial charge in [-0.15, -0.1) is 0 Å². The van der Waals surface area contributed by atoms with Crippen LogP contribution in [0.3, 0.4) is 0 Å². The molecule has 3 N–H and O–H groups in total. The van der Waals surface area contributed by atoms with Crippen LogP contribution in [0.5, 0.6) is 5.88 Å². The van der Waals surface area contributed by atoms with Crippen molar-refractivity contribution in [2.45, 2.75) is 132 Å². The van der Waals surface area contributed by atoms with Crippen LogP contribution in [0.25, 0.3) is 11.0 Å². The number of sulfonamides is 1. The number of ether oxygens (including phenoxy) is 2. The number of hydrogen-bond acceptors (Lipinski definition) is 10. The van der Waals surface area contributed by atoms with E-state index in [9.17, 15) is 27.6 Å². The van der Waals surface area contributed by atoms with E-state index in [1.165, 1.54) is 11.0 Å². The Hall–Kier alpha value is -4.41. The minimum atomic E-state index is -3.94. The summed E-state index contributed by atoms with van der Waals surface area (Å²) in [5, 5.41) is 5.01. The number of fused-ring (bicyclic) bond motifs is 7. The van der Waals surface area contributed by atoms with Gasteiger partial charge in [0.2, 0.25) is 27.7 Å². The van der Waals surface area contributed by atoms with Gasteiger partial charge in [0.1, 0.15) is 17.7 Å². The van der Waals surface area contributed by atoms with Gasteiger partial charge in [-0.3, -0.25) is 19.1 Å². The smallest absolute Gasteiger partial charge is 0.407 e. The first-order valence-electron chi connectivity index (χ1n) is 20.9. The lowest BCUT2D eigenvalue weighted by Gasteiger charge is -2.41. The minimum Gasteiger partial charge on any atom is -0.470 e. The molecule has 3 aliphatic carbocycles.